The quantitative estimate of drug-likeness (QED) is 0.650. The largest absolute Gasteiger partial charge is 0.433 e. The zero-order chi connectivity index (χ0) is 22.9. The minimum absolute atomic E-state index is 0.126. The first-order valence-corrected chi connectivity index (χ1v) is 10.9. The highest BCUT2D eigenvalue weighted by atomic mass is 19.4. The number of carbonyl (C=O) groups excluding carboxylic acids is 1. The summed E-state index contributed by atoms with van der Waals surface area (Å²) in [6.07, 6.45) is -3.13. The highest BCUT2D eigenvalue weighted by Gasteiger charge is 2.34. The summed E-state index contributed by atoms with van der Waals surface area (Å²) in [5, 5.41) is 9.56. The molecule has 1 amide bonds. The Morgan fingerprint density at radius 1 is 1.19 bits per heavy atom. The lowest BCUT2D eigenvalue weighted by Crippen LogP contribution is -2.54. The van der Waals surface area contributed by atoms with Crippen LogP contribution in [0.3, 0.4) is 0 Å². The van der Waals surface area contributed by atoms with Crippen molar-refractivity contribution in [3.63, 3.8) is 0 Å². The Kier molecular flexibility index (Phi) is 6.28. The zero-order valence-electron chi connectivity index (χ0n) is 18.2. The second-order valence-corrected chi connectivity index (χ2v) is 8.65. The van der Waals surface area contributed by atoms with Crippen molar-refractivity contribution in [2.75, 3.05) is 35.2 Å². The van der Waals surface area contributed by atoms with E-state index in [9.17, 15) is 18.0 Å². The van der Waals surface area contributed by atoms with Gasteiger partial charge in [-0.1, -0.05) is 6.07 Å². The van der Waals surface area contributed by atoms with Crippen molar-refractivity contribution in [2.24, 2.45) is 0 Å². The maximum atomic E-state index is 13.3. The zero-order valence-corrected chi connectivity index (χ0v) is 18.2. The highest BCUT2D eigenvalue weighted by molar-refractivity contribution is 5.91. The van der Waals surface area contributed by atoms with Crippen LogP contribution in [0.15, 0.2) is 30.3 Å². The lowest BCUT2D eigenvalue weighted by atomic mass is 10.1. The lowest BCUT2D eigenvalue weighted by Gasteiger charge is -2.38. The molecule has 32 heavy (non-hydrogen) atoms. The smallest absolute Gasteiger partial charge is 0.384 e. The standard InChI is InChI=1S/C23H28F3N5O/c1-14-12-31(13-15(2)28-14)22-16(3-7-20(30-22)23(24,25)26)4-8-21(32)29-18-5-6-19-17(11-18)9-10-27-19/h3,5-7,11,14-15,27-28H,4,8-10,12-13H2,1-2H3,(H,29,32). The van der Waals surface area contributed by atoms with Crippen molar-refractivity contribution >= 4 is 23.1 Å². The Bertz CT molecular complexity index is 984. The Morgan fingerprint density at radius 2 is 1.94 bits per heavy atom. The van der Waals surface area contributed by atoms with E-state index in [-0.39, 0.29) is 24.4 Å². The molecule has 2 aliphatic rings. The molecule has 2 atom stereocenters. The van der Waals surface area contributed by atoms with Crippen molar-refractivity contribution in [3.8, 4) is 0 Å². The molecule has 0 saturated carbocycles. The van der Waals surface area contributed by atoms with Gasteiger partial charge in [-0.3, -0.25) is 4.79 Å². The number of pyridine rings is 1. The summed E-state index contributed by atoms with van der Waals surface area (Å²) in [6.45, 7) is 5.99. The number of hydrogen-bond acceptors (Lipinski definition) is 5. The van der Waals surface area contributed by atoms with E-state index in [0.29, 0.717) is 30.9 Å². The molecule has 1 aromatic carbocycles. The molecule has 9 heteroatoms. The number of nitrogens with one attached hydrogen (secondary N) is 3. The molecule has 6 nitrogen and oxygen atoms in total. The number of anilines is 3. The molecule has 172 valence electrons. The van der Waals surface area contributed by atoms with Crippen molar-refractivity contribution in [1.82, 2.24) is 10.3 Å². The number of nitrogens with zero attached hydrogens (tertiary/aromatic N) is 2. The molecule has 0 radical (unpaired) electrons. The van der Waals surface area contributed by atoms with Crippen molar-refractivity contribution in [2.45, 2.75) is 51.4 Å². The first kappa shape index (κ1) is 22.4. The van der Waals surface area contributed by atoms with Crippen molar-refractivity contribution in [1.29, 1.82) is 0 Å². The third kappa shape index (κ3) is 5.15. The number of rotatable bonds is 5. The van der Waals surface area contributed by atoms with Gasteiger partial charge in [-0.15, -0.1) is 0 Å². The fourth-order valence-electron chi connectivity index (χ4n) is 4.46. The molecule has 2 aromatic rings. The number of aromatic nitrogens is 1. The van der Waals surface area contributed by atoms with Crippen LogP contribution in [-0.4, -0.2) is 42.6 Å². The number of fused-ring (bicyclic) bond motifs is 1. The number of piperazine rings is 1. The normalized spacial score (nSPS) is 20.6. The topological polar surface area (TPSA) is 69.3 Å². The van der Waals surface area contributed by atoms with Gasteiger partial charge in [-0.25, -0.2) is 4.98 Å². The molecule has 4 rings (SSSR count). The molecular weight excluding hydrogens is 419 g/mol. The number of hydrogen-bond donors (Lipinski definition) is 3. The van der Waals surface area contributed by atoms with Crippen LogP contribution in [0.1, 0.15) is 37.1 Å². The van der Waals surface area contributed by atoms with Crippen LogP contribution in [0.4, 0.5) is 30.4 Å². The van der Waals surface area contributed by atoms with E-state index in [1.54, 1.807) is 0 Å². The summed E-state index contributed by atoms with van der Waals surface area (Å²) in [4.78, 5) is 18.4. The molecule has 1 aromatic heterocycles. The van der Waals surface area contributed by atoms with Crippen LogP contribution in [0.25, 0.3) is 0 Å². The molecule has 3 heterocycles. The van der Waals surface area contributed by atoms with E-state index in [0.717, 1.165) is 30.4 Å². The maximum Gasteiger partial charge on any atom is 0.433 e. The van der Waals surface area contributed by atoms with E-state index in [4.69, 9.17) is 0 Å². The Labute approximate surface area is 185 Å². The van der Waals surface area contributed by atoms with E-state index >= 15 is 0 Å². The first-order valence-electron chi connectivity index (χ1n) is 10.9. The van der Waals surface area contributed by atoms with Crippen LogP contribution >= 0.6 is 0 Å². The molecular formula is C23H28F3N5O. The minimum atomic E-state index is -4.52. The molecule has 2 unspecified atom stereocenters. The second-order valence-electron chi connectivity index (χ2n) is 8.65. The van der Waals surface area contributed by atoms with Gasteiger partial charge in [-0.05, 0) is 62.1 Å². The molecule has 0 aliphatic carbocycles. The highest BCUT2D eigenvalue weighted by Crippen LogP contribution is 2.32. The van der Waals surface area contributed by atoms with Gasteiger partial charge in [0.15, 0.2) is 0 Å². The number of alkyl halides is 3. The van der Waals surface area contributed by atoms with Crippen molar-refractivity contribution < 1.29 is 18.0 Å². The number of halogens is 3. The van der Waals surface area contributed by atoms with Gasteiger partial charge in [0.2, 0.25) is 5.91 Å². The van der Waals surface area contributed by atoms with Crippen LogP contribution in [0.2, 0.25) is 0 Å². The predicted octanol–water partition coefficient (Wildman–Crippen LogP) is 3.83. The third-order valence-corrected chi connectivity index (χ3v) is 5.82. The van der Waals surface area contributed by atoms with E-state index < -0.39 is 11.9 Å². The Morgan fingerprint density at radius 3 is 2.66 bits per heavy atom. The van der Waals surface area contributed by atoms with Crippen LogP contribution in [0, 0.1) is 0 Å². The summed E-state index contributed by atoms with van der Waals surface area (Å²) in [7, 11) is 0. The van der Waals surface area contributed by atoms with Gasteiger partial charge in [0.05, 0.1) is 0 Å². The van der Waals surface area contributed by atoms with Crippen LogP contribution in [-0.2, 0) is 23.8 Å². The fourth-order valence-corrected chi connectivity index (χ4v) is 4.46. The van der Waals surface area contributed by atoms with Crippen LogP contribution in [0.5, 0.6) is 0 Å². The number of carbonyl (C=O) groups is 1. The Balaban J connectivity index is 1.49. The average molecular weight is 448 g/mol. The number of benzene rings is 1. The van der Waals surface area contributed by atoms with E-state index in [1.807, 2.05) is 36.9 Å². The summed E-state index contributed by atoms with van der Waals surface area (Å²) in [5.74, 6) is 0.139. The summed E-state index contributed by atoms with van der Waals surface area (Å²) in [6, 6.07) is 8.46. The first-order chi connectivity index (χ1) is 15.2. The third-order valence-electron chi connectivity index (χ3n) is 5.82. The SMILES string of the molecule is CC1CN(c2nc(C(F)(F)F)ccc2CCC(=O)Nc2ccc3c(c2)CCN3)CC(C)N1. The van der Waals surface area contributed by atoms with Gasteiger partial charge in [0.1, 0.15) is 11.5 Å². The second kappa shape index (κ2) is 8.97. The van der Waals surface area contributed by atoms with Crippen LogP contribution < -0.4 is 20.9 Å². The fraction of sp³-hybridized carbons (Fsp3) is 0.478. The molecule has 1 saturated heterocycles. The van der Waals surface area contributed by atoms with E-state index in [1.165, 1.54) is 11.6 Å². The Hall–Kier alpha value is -2.81. The van der Waals surface area contributed by atoms with Gasteiger partial charge in [0.25, 0.3) is 0 Å². The van der Waals surface area contributed by atoms with Gasteiger partial charge >= 0.3 is 6.18 Å². The molecule has 0 spiro atoms. The summed E-state index contributed by atoms with van der Waals surface area (Å²) in [5.41, 5.74) is 2.72. The van der Waals surface area contributed by atoms with Gasteiger partial charge in [0, 0.05) is 49.5 Å². The van der Waals surface area contributed by atoms with Crippen molar-refractivity contribution in [3.05, 3.63) is 47.2 Å². The number of aryl methyl sites for hydroxylation is 1. The van der Waals surface area contributed by atoms with Gasteiger partial charge in [-0.2, -0.15) is 13.2 Å². The molecule has 2 aliphatic heterocycles. The minimum Gasteiger partial charge on any atom is -0.384 e. The van der Waals surface area contributed by atoms with E-state index in [2.05, 4.69) is 20.9 Å². The maximum absolute atomic E-state index is 13.3. The lowest BCUT2D eigenvalue weighted by molar-refractivity contribution is -0.141. The average Bonchev–Trinajstić information content (AvgIpc) is 3.18. The molecule has 1 fully saturated rings. The summed E-state index contributed by atoms with van der Waals surface area (Å²) < 4.78 is 39.9. The summed E-state index contributed by atoms with van der Waals surface area (Å²) >= 11 is 0. The molecule has 3 N–H and O–H groups in total. The monoisotopic (exact) mass is 447 g/mol. The van der Waals surface area contributed by atoms with Gasteiger partial charge < -0.3 is 20.9 Å². The number of amides is 1. The predicted molar refractivity (Wildman–Crippen MR) is 119 cm³/mol. The molecule has 0 bridgehead atoms.